The quantitative estimate of drug-likeness (QED) is 0.906. The Kier molecular flexibility index (Phi) is 4.88. The number of rotatable bonds is 5. The van der Waals surface area contributed by atoms with Crippen LogP contribution in [0.5, 0.6) is 0 Å². The second kappa shape index (κ2) is 6.85. The van der Waals surface area contributed by atoms with Gasteiger partial charge >= 0.3 is 0 Å². The zero-order valence-electron chi connectivity index (χ0n) is 11.9. The van der Waals surface area contributed by atoms with Crippen LogP contribution in [0.3, 0.4) is 0 Å². The average molecular weight is 268 g/mol. The van der Waals surface area contributed by atoms with E-state index < -0.39 is 0 Å². The van der Waals surface area contributed by atoms with Gasteiger partial charge in [0.25, 0.3) is 0 Å². The van der Waals surface area contributed by atoms with Crippen molar-refractivity contribution in [3.63, 3.8) is 0 Å². The molecule has 1 heterocycles. The van der Waals surface area contributed by atoms with Gasteiger partial charge in [-0.3, -0.25) is 9.78 Å². The third kappa shape index (κ3) is 3.92. The first kappa shape index (κ1) is 14.3. The number of nitrogens with one attached hydrogen (secondary N) is 1. The molecule has 1 atom stereocenters. The highest BCUT2D eigenvalue weighted by Crippen LogP contribution is 2.20. The van der Waals surface area contributed by atoms with E-state index in [2.05, 4.69) is 10.3 Å². The number of amides is 1. The molecule has 104 valence electrons. The van der Waals surface area contributed by atoms with E-state index in [1.54, 1.807) is 6.20 Å². The molecular formula is C17H20N2O. The van der Waals surface area contributed by atoms with Crippen molar-refractivity contribution in [2.45, 2.75) is 32.2 Å². The van der Waals surface area contributed by atoms with E-state index in [9.17, 15) is 4.79 Å². The van der Waals surface area contributed by atoms with E-state index >= 15 is 0 Å². The lowest BCUT2D eigenvalue weighted by atomic mass is 9.93. The van der Waals surface area contributed by atoms with Crippen molar-refractivity contribution in [1.82, 2.24) is 10.3 Å². The fourth-order valence-corrected chi connectivity index (χ4v) is 2.16. The number of nitrogens with zero attached hydrogens (tertiary/aromatic N) is 1. The highest BCUT2D eigenvalue weighted by Gasteiger charge is 2.21. The molecule has 1 N–H and O–H groups in total. The van der Waals surface area contributed by atoms with Gasteiger partial charge in [-0.2, -0.15) is 0 Å². The molecule has 1 unspecified atom stereocenters. The zero-order chi connectivity index (χ0) is 14.4. The van der Waals surface area contributed by atoms with Gasteiger partial charge in [-0.05, 0) is 31.5 Å². The fraction of sp³-hybridized carbons (Fsp3) is 0.294. The third-order valence-corrected chi connectivity index (χ3v) is 3.09. The van der Waals surface area contributed by atoms with Crippen LogP contribution in [0.4, 0.5) is 0 Å². The monoisotopic (exact) mass is 268 g/mol. The second-order valence-electron chi connectivity index (χ2n) is 5.15. The molecule has 0 saturated heterocycles. The summed E-state index contributed by atoms with van der Waals surface area (Å²) in [6.07, 6.45) is 2.38. The van der Waals surface area contributed by atoms with Crippen LogP contribution in [0.2, 0.25) is 0 Å². The van der Waals surface area contributed by atoms with Crippen LogP contribution in [0, 0.1) is 0 Å². The summed E-state index contributed by atoms with van der Waals surface area (Å²) >= 11 is 0. The molecule has 3 nitrogen and oxygen atoms in total. The maximum absolute atomic E-state index is 12.4. The Morgan fingerprint density at radius 1 is 1.10 bits per heavy atom. The predicted molar refractivity (Wildman–Crippen MR) is 80.4 cm³/mol. The molecule has 0 radical (unpaired) electrons. The van der Waals surface area contributed by atoms with Crippen molar-refractivity contribution in [3.05, 3.63) is 66.0 Å². The summed E-state index contributed by atoms with van der Waals surface area (Å²) in [5.41, 5.74) is 1.96. The van der Waals surface area contributed by atoms with Crippen LogP contribution in [-0.4, -0.2) is 16.9 Å². The zero-order valence-corrected chi connectivity index (χ0v) is 11.9. The number of hydrogen-bond donors (Lipinski definition) is 1. The van der Waals surface area contributed by atoms with Gasteiger partial charge in [-0.25, -0.2) is 0 Å². The molecule has 3 heteroatoms. The van der Waals surface area contributed by atoms with Crippen LogP contribution in [0.1, 0.15) is 31.0 Å². The highest BCUT2D eigenvalue weighted by atomic mass is 16.1. The molecule has 0 aliphatic rings. The lowest BCUT2D eigenvalue weighted by Gasteiger charge is -2.18. The number of benzene rings is 1. The molecule has 1 aromatic carbocycles. The minimum Gasteiger partial charge on any atom is -0.353 e. The Morgan fingerprint density at radius 3 is 2.40 bits per heavy atom. The van der Waals surface area contributed by atoms with Crippen molar-refractivity contribution in [2.24, 2.45) is 0 Å². The van der Waals surface area contributed by atoms with Gasteiger partial charge in [0.1, 0.15) is 0 Å². The SMILES string of the molecule is CC(C)NC(=O)C(Cc1ccccn1)c1ccccc1. The molecule has 2 aromatic rings. The highest BCUT2D eigenvalue weighted by molar-refractivity contribution is 5.84. The van der Waals surface area contributed by atoms with E-state index in [1.807, 2.05) is 62.4 Å². The van der Waals surface area contributed by atoms with Gasteiger partial charge in [0.2, 0.25) is 5.91 Å². The Bertz CT molecular complexity index is 537. The van der Waals surface area contributed by atoms with Gasteiger partial charge in [0.15, 0.2) is 0 Å². The lowest BCUT2D eigenvalue weighted by molar-refractivity contribution is -0.123. The smallest absolute Gasteiger partial charge is 0.228 e. The first-order valence-electron chi connectivity index (χ1n) is 6.92. The number of hydrogen-bond acceptors (Lipinski definition) is 2. The summed E-state index contributed by atoms with van der Waals surface area (Å²) < 4.78 is 0. The Hall–Kier alpha value is -2.16. The molecule has 1 amide bonds. The Morgan fingerprint density at radius 2 is 1.80 bits per heavy atom. The summed E-state index contributed by atoms with van der Waals surface area (Å²) in [4.78, 5) is 16.7. The predicted octanol–water partition coefficient (Wildman–Crippen LogP) is 2.93. The first-order chi connectivity index (χ1) is 9.66. The van der Waals surface area contributed by atoms with Crippen LogP contribution >= 0.6 is 0 Å². The van der Waals surface area contributed by atoms with Gasteiger partial charge in [0, 0.05) is 24.4 Å². The molecule has 0 spiro atoms. The molecule has 2 rings (SSSR count). The standard InChI is InChI=1S/C17H20N2O/c1-13(2)19-17(20)16(14-8-4-3-5-9-14)12-15-10-6-7-11-18-15/h3-11,13,16H,12H2,1-2H3,(H,19,20). The molecule has 0 bridgehead atoms. The van der Waals surface area contributed by atoms with Crippen molar-refractivity contribution in [1.29, 1.82) is 0 Å². The van der Waals surface area contributed by atoms with Crippen LogP contribution in [-0.2, 0) is 11.2 Å². The van der Waals surface area contributed by atoms with Crippen molar-refractivity contribution in [3.8, 4) is 0 Å². The molecule has 0 fully saturated rings. The van der Waals surface area contributed by atoms with E-state index in [4.69, 9.17) is 0 Å². The molecule has 0 saturated carbocycles. The first-order valence-corrected chi connectivity index (χ1v) is 6.92. The largest absolute Gasteiger partial charge is 0.353 e. The Labute approximate surface area is 120 Å². The maximum atomic E-state index is 12.4. The van der Waals surface area contributed by atoms with Crippen molar-refractivity contribution in [2.75, 3.05) is 0 Å². The van der Waals surface area contributed by atoms with Crippen molar-refractivity contribution < 1.29 is 4.79 Å². The number of carbonyl (C=O) groups is 1. The molecule has 1 aromatic heterocycles. The van der Waals surface area contributed by atoms with E-state index in [1.165, 1.54) is 0 Å². The van der Waals surface area contributed by atoms with E-state index in [-0.39, 0.29) is 17.9 Å². The average Bonchev–Trinajstić information content (AvgIpc) is 2.46. The maximum Gasteiger partial charge on any atom is 0.228 e. The molecule has 0 aliphatic heterocycles. The number of carbonyl (C=O) groups excluding carboxylic acids is 1. The summed E-state index contributed by atoms with van der Waals surface area (Å²) in [7, 11) is 0. The van der Waals surface area contributed by atoms with Crippen LogP contribution in [0.25, 0.3) is 0 Å². The van der Waals surface area contributed by atoms with Gasteiger partial charge in [-0.15, -0.1) is 0 Å². The molecule has 0 aliphatic carbocycles. The van der Waals surface area contributed by atoms with Gasteiger partial charge in [0.05, 0.1) is 5.92 Å². The van der Waals surface area contributed by atoms with Gasteiger partial charge in [-0.1, -0.05) is 36.4 Å². The van der Waals surface area contributed by atoms with Crippen molar-refractivity contribution >= 4 is 5.91 Å². The van der Waals surface area contributed by atoms with E-state index in [0.717, 1.165) is 11.3 Å². The lowest BCUT2D eigenvalue weighted by Crippen LogP contribution is -2.35. The van der Waals surface area contributed by atoms with Gasteiger partial charge < -0.3 is 5.32 Å². The fourth-order valence-electron chi connectivity index (χ4n) is 2.16. The third-order valence-electron chi connectivity index (χ3n) is 3.09. The topological polar surface area (TPSA) is 42.0 Å². The summed E-state index contributed by atoms with van der Waals surface area (Å²) in [6.45, 7) is 3.95. The molecular weight excluding hydrogens is 248 g/mol. The van der Waals surface area contributed by atoms with E-state index in [0.29, 0.717) is 6.42 Å². The summed E-state index contributed by atoms with van der Waals surface area (Å²) in [5, 5.41) is 2.99. The Balaban J connectivity index is 2.23. The minimum absolute atomic E-state index is 0.0526. The normalized spacial score (nSPS) is 12.2. The van der Waals surface area contributed by atoms with Crippen LogP contribution in [0.15, 0.2) is 54.7 Å². The number of pyridine rings is 1. The molecule has 20 heavy (non-hydrogen) atoms. The van der Waals surface area contributed by atoms with Crippen LogP contribution < -0.4 is 5.32 Å². The number of aromatic nitrogens is 1. The summed E-state index contributed by atoms with van der Waals surface area (Å²) in [6, 6.07) is 15.8. The second-order valence-corrected chi connectivity index (χ2v) is 5.15. The summed E-state index contributed by atoms with van der Waals surface area (Å²) in [5.74, 6) is -0.148. The minimum atomic E-state index is -0.200.